The summed E-state index contributed by atoms with van der Waals surface area (Å²) in [6.07, 6.45) is -0.0329. The van der Waals surface area contributed by atoms with Gasteiger partial charge in [0, 0.05) is 31.4 Å². The second-order valence-corrected chi connectivity index (χ2v) is 7.53. The summed E-state index contributed by atoms with van der Waals surface area (Å²) in [6.45, 7) is 3.99. The van der Waals surface area contributed by atoms with Crippen LogP contribution in [0.2, 0.25) is 0 Å². The number of carbonyl (C=O) groups excluding carboxylic acids is 2. The maximum atomic E-state index is 12.9. The van der Waals surface area contributed by atoms with Gasteiger partial charge in [-0.1, -0.05) is 12.1 Å². The molecule has 32 heavy (non-hydrogen) atoms. The summed E-state index contributed by atoms with van der Waals surface area (Å²) in [6, 6.07) is 11.1. The number of nitro benzene ring substituents is 1. The second-order valence-electron chi connectivity index (χ2n) is 7.53. The molecule has 0 radical (unpaired) electrons. The van der Waals surface area contributed by atoms with Gasteiger partial charge >= 0.3 is 0 Å². The van der Waals surface area contributed by atoms with Gasteiger partial charge < -0.3 is 19.5 Å². The van der Waals surface area contributed by atoms with Crippen molar-refractivity contribution in [1.29, 1.82) is 0 Å². The highest BCUT2D eigenvalue weighted by Gasteiger charge is 2.46. The van der Waals surface area contributed by atoms with Crippen LogP contribution in [0.1, 0.15) is 31.0 Å². The number of rotatable bonds is 8. The van der Waals surface area contributed by atoms with Gasteiger partial charge in [0.25, 0.3) is 17.4 Å². The van der Waals surface area contributed by atoms with Gasteiger partial charge in [-0.2, -0.15) is 0 Å². The first-order chi connectivity index (χ1) is 15.2. The third-order valence-electron chi connectivity index (χ3n) is 4.97. The first-order valence-electron chi connectivity index (χ1n) is 10.0. The predicted molar refractivity (Wildman–Crippen MR) is 116 cm³/mol. The van der Waals surface area contributed by atoms with E-state index in [1.54, 1.807) is 30.3 Å². The maximum absolute atomic E-state index is 12.9. The first kappa shape index (κ1) is 23.0. The molecule has 1 saturated heterocycles. The van der Waals surface area contributed by atoms with E-state index in [1.165, 1.54) is 30.2 Å². The summed E-state index contributed by atoms with van der Waals surface area (Å²) in [5, 5.41) is 22.3. The monoisotopic (exact) mass is 440 g/mol. The van der Waals surface area contributed by atoms with E-state index in [1.807, 2.05) is 13.8 Å². The molecule has 1 atom stereocenters. The number of aliphatic hydroxyl groups excluding tert-OH is 1. The van der Waals surface area contributed by atoms with Crippen LogP contribution in [0.25, 0.3) is 5.76 Å². The molecule has 1 fully saturated rings. The van der Waals surface area contributed by atoms with E-state index in [4.69, 9.17) is 9.47 Å². The Morgan fingerprint density at radius 2 is 1.88 bits per heavy atom. The van der Waals surface area contributed by atoms with E-state index in [-0.39, 0.29) is 36.3 Å². The van der Waals surface area contributed by atoms with Crippen LogP contribution < -0.4 is 4.74 Å². The van der Waals surface area contributed by atoms with Crippen LogP contribution in [0.4, 0.5) is 5.69 Å². The summed E-state index contributed by atoms with van der Waals surface area (Å²) in [7, 11) is 1.46. The number of hydrogen-bond donors (Lipinski definition) is 1. The fourth-order valence-corrected chi connectivity index (χ4v) is 3.57. The van der Waals surface area contributed by atoms with E-state index in [9.17, 15) is 24.8 Å². The number of methoxy groups -OCH3 is 1. The molecule has 2 aromatic carbocycles. The Bertz CT molecular complexity index is 1060. The number of non-ortho nitro benzene ring substituents is 1. The number of carbonyl (C=O) groups is 2. The van der Waals surface area contributed by atoms with Gasteiger partial charge in [-0.3, -0.25) is 19.7 Å². The fraction of sp³-hybridized carbons (Fsp3) is 0.304. The van der Waals surface area contributed by atoms with E-state index >= 15 is 0 Å². The topological polar surface area (TPSA) is 119 Å². The molecular weight excluding hydrogens is 416 g/mol. The van der Waals surface area contributed by atoms with Crippen molar-refractivity contribution in [2.24, 2.45) is 0 Å². The van der Waals surface area contributed by atoms with Gasteiger partial charge in [0.1, 0.15) is 11.5 Å². The normalized spacial score (nSPS) is 17.8. The number of hydrogen-bond acceptors (Lipinski definition) is 7. The van der Waals surface area contributed by atoms with Crippen molar-refractivity contribution < 1.29 is 29.1 Å². The molecule has 1 aliphatic heterocycles. The third-order valence-corrected chi connectivity index (χ3v) is 4.97. The molecule has 1 heterocycles. The minimum atomic E-state index is -0.989. The van der Waals surface area contributed by atoms with Crippen LogP contribution in [0.3, 0.4) is 0 Å². The van der Waals surface area contributed by atoms with E-state index < -0.39 is 22.7 Å². The third kappa shape index (κ3) is 4.62. The average Bonchev–Trinajstić information content (AvgIpc) is 3.02. The van der Waals surface area contributed by atoms with Crippen molar-refractivity contribution in [3.05, 3.63) is 75.3 Å². The second kappa shape index (κ2) is 9.61. The van der Waals surface area contributed by atoms with Crippen LogP contribution in [0.15, 0.2) is 54.1 Å². The van der Waals surface area contributed by atoms with Gasteiger partial charge in [-0.15, -0.1) is 0 Å². The summed E-state index contributed by atoms with van der Waals surface area (Å²) >= 11 is 0. The highest BCUT2D eigenvalue weighted by atomic mass is 16.6. The van der Waals surface area contributed by atoms with Gasteiger partial charge in [-0.25, -0.2) is 0 Å². The lowest BCUT2D eigenvalue weighted by Gasteiger charge is -2.25. The Balaban J connectivity index is 2.11. The minimum absolute atomic E-state index is 0.0329. The molecule has 2 aromatic rings. The SMILES string of the molecule is COCCN1C(=O)C(=O)/C(=C(/O)c2ccc(OC(C)C)cc2)[C@@H]1c1cccc([N+](=O)[O-])c1. The zero-order chi connectivity index (χ0) is 23.4. The summed E-state index contributed by atoms with van der Waals surface area (Å²) in [5.74, 6) is -1.44. The number of aliphatic hydroxyl groups is 1. The van der Waals surface area contributed by atoms with Crippen molar-refractivity contribution in [3.8, 4) is 5.75 Å². The Labute approximate surface area is 185 Å². The van der Waals surface area contributed by atoms with Crippen molar-refractivity contribution in [2.45, 2.75) is 26.0 Å². The van der Waals surface area contributed by atoms with Crippen molar-refractivity contribution in [3.63, 3.8) is 0 Å². The number of Topliss-reactive ketones (excluding diaryl/α,β-unsaturated/α-hetero) is 1. The van der Waals surface area contributed by atoms with Crippen LogP contribution >= 0.6 is 0 Å². The number of nitrogens with zero attached hydrogens (tertiary/aromatic N) is 2. The molecule has 0 bridgehead atoms. The lowest BCUT2D eigenvalue weighted by atomic mass is 9.95. The maximum Gasteiger partial charge on any atom is 0.295 e. The van der Waals surface area contributed by atoms with Crippen molar-refractivity contribution in [1.82, 2.24) is 4.90 Å². The zero-order valence-corrected chi connectivity index (χ0v) is 18.0. The summed E-state index contributed by atoms with van der Waals surface area (Å²) in [5.41, 5.74) is 0.344. The molecule has 0 aromatic heterocycles. The molecule has 0 spiro atoms. The Kier molecular flexibility index (Phi) is 6.89. The number of amides is 1. The lowest BCUT2D eigenvalue weighted by Crippen LogP contribution is -2.32. The van der Waals surface area contributed by atoms with E-state index in [0.717, 1.165) is 0 Å². The molecular formula is C23H24N2O7. The smallest absolute Gasteiger partial charge is 0.295 e. The molecule has 9 heteroatoms. The number of ether oxygens (including phenoxy) is 2. The zero-order valence-electron chi connectivity index (χ0n) is 18.0. The predicted octanol–water partition coefficient (Wildman–Crippen LogP) is 3.45. The number of nitro groups is 1. The molecule has 1 amide bonds. The first-order valence-corrected chi connectivity index (χ1v) is 10.0. The van der Waals surface area contributed by atoms with E-state index in [2.05, 4.69) is 0 Å². The van der Waals surface area contributed by atoms with E-state index in [0.29, 0.717) is 16.9 Å². The molecule has 1 N–H and O–H groups in total. The van der Waals surface area contributed by atoms with Gasteiger partial charge in [-0.05, 0) is 43.7 Å². The quantitative estimate of drug-likeness (QED) is 0.219. The number of ketones is 1. The van der Waals surface area contributed by atoms with Gasteiger partial charge in [0.05, 0.1) is 29.2 Å². The van der Waals surface area contributed by atoms with Gasteiger partial charge in [0.2, 0.25) is 0 Å². The van der Waals surface area contributed by atoms with Gasteiger partial charge in [0.15, 0.2) is 0 Å². The molecule has 0 aliphatic carbocycles. The Morgan fingerprint density at radius 3 is 2.47 bits per heavy atom. The molecule has 9 nitrogen and oxygen atoms in total. The van der Waals surface area contributed by atoms with Crippen molar-refractivity contribution >= 4 is 23.1 Å². The van der Waals surface area contributed by atoms with Crippen LogP contribution in [-0.2, 0) is 14.3 Å². The molecule has 1 aliphatic rings. The molecule has 0 saturated carbocycles. The van der Waals surface area contributed by atoms with Crippen LogP contribution in [0, 0.1) is 10.1 Å². The molecule has 0 unspecified atom stereocenters. The van der Waals surface area contributed by atoms with Crippen LogP contribution in [-0.4, -0.2) is 53.0 Å². The Morgan fingerprint density at radius 1 is 1.19 bits per heavy atom. The highest BCUT2D eigenvalue weighted by Crippen LogP contribution is 2.40. The fourth-order valence-electron chi connectivity index (χ4n) is 3.57. The minimum Gasteiger partial charge on any atom is -0.507 e. The lowest BCUT2D eigenvalue weighted by molar-refractivity contribution is -0.384. The molecule has 168 valence electrons. The summed E-state index contributed by atoms with van der Waals surface area (Å²) in [4.78, 5) is 37.6. The average molecular weight is 440 g/mol. The molecule has 3 rings (SSSR count). The standard InChI is InChI=1S/C23H24N2O7/c1-14(2)32-18-9-7-15(8-10-18)21(26)19-20(16-5-4-6-17(13-16)25(29)30)24(11-12-31-3)23(28)22(19)27/h4-10,13-14,20,26H,11-12H2,1-3H3/b21-19+/t20-/m0/s1. The van der Waals surface area contributed by atoms with Crippen LogP contribution in [0.5, 0.6) is 5.75 Å². The number of benzene rings is 2. The number of likely N-dealkylation sites (tertiary alicyclic amines) is 1. The van der Waals surface area contributed by atoms with Crippen molar-refractivity contribution in [2.75, 3.05) is 20.3 Å². The largest absolute Gasteiger partial charge is 0.507 e. The Hall–Kier alpha value is -3.72. The summed E-state index contributed by atoms with van der Waals surface area (Å²) < 4.78 is 10.6. The highest BCUT2D eigenvalue weighted by molar-refractivity contribution is 6.46.